The maximum absolute atomic E-state index is 13.4. The van der Waals surface area contributed by atoms with Gasteiger partial charge in [0.15, 0.2) is 0 Å². The predicted molar refractivity (Wildman–Crippen MR) is 96.1 cm³/mol. The zero-order chi connectivity index (χ0) is 20.4. The van der Waals surface area contributed by atoms with Gasteiger partial charge in [-0.15, -0.1) is 0 Å². The van der Waals surface area contributed by atoms with Crippen molar-refractivity contribution in [3.05, 3.63) is 54.4 Å². The number of hydrogen-bond donors (Lipinski definition) is 2. The van der Waals surface area contributed by atoms with Gasteiger partial charge < -0.3 is 9.42 Å². The number of nitrogens with one attached hydrogen (secondary N) is 2. The van der Waals surface area contributed by atoms with Crippen molar-refractivity contribution < 1.29 is 22.9 Å². The molecule has 2 amide bonds. The van der Waals surface area contributed by atoms with Crippen molar-refractivity contribution in [3.63, 3.8) is 0 Å². The maximum atomic E-state index is 13.4. The number of amides is 2. The molecule has 3 heterocycles. The number of carbonyl (C=O) groups excluding carboxylic acids is 2. The summed E-state index contributed by atoms with van der Waals surface area (Å²) in [6.07, 6.45) is 3.06. The van der Waals surface area contributed by atoms with Crippen molar-refractivity contribution in [2.45, 2.75) is 6.42 Å². The molecule has 29 heavy (non-hydrogen) atoms. The third-order valence-electron chi connectivity index (χ3n) is 4.31. The Kier molecular flexibility index (Phi) is 4.85. The van der Waals surface area contributed by atoms with Crippen LogP contribution in [-0.2, 0) is 9.59 Å². The number of carbonyl (C=O) groups is 2. The van der Waals surface area contributed by atoms with Crippen LogP contribution >= 0.6 is 0 Å². The van der Waals surface area contributed by atoms with Crippen molar-refractivity contribution in [3.8, 4) is 11.4 Å². The minimum Gasteiger partial charge on any atom is -0.313 e. The van der Waals surface area contributed by atoms with Gasteiger partial charge in [0.1, 0.15) is 11.6 Å². The lowest BCUT2D eigenvalue weighted by Gasteiger charge is -2.17. The minimum atomic E-state index is -0.802. The second-order valence-electron chi connectivity index (χ2n) is 6.31. The molecule has 0 spiro atoms. The molecule has 2 aromatic heterocycles. The number of halogens is 2. The predicted octanol–water partition coefficient (Wildman–Crippen LogP) is 1.91. The van der Waals surface area contributed by atoms with Crippen LogP contribution in [0, 0.1) is 17.6 Å². The van der Waals surface area contributed by atoms with Crippen molar-refractivity contribution in [1.29, 1.82) is 0 Å². The molecule has 1 unspecified atom stereocenters. The molecular weight excluding hydrogens is 386 g/mol. The van der Waals surface area contributed by atoms with Gasteiger partial charge in [0.05, 0.1) is 5.92 Å². The molecule has 1 saturated heterocycles. The Morgan fingerprint density at radius 3 is 2.62 bits per heavy atom. The van der Waals surface area contributed by atoms with Gasteiger partial charge in [0.2, 0.25) is 17.6 Å². The summed E-state index contributed by atoms with van der Waals surface area (Å²) >= 11 is 0. The largest absolute Gasteiger partial charge is 0.340 e. The lowest BCUT2D eigenvalue weighted by Crippen LogP contribution is -2.36. The quantitative estimate of drug-likeness (QED) is 0.629. The second kappa shape index (κ2) is 7.62. The molecule has 2 N–H and O–H groups in total. The highest BCUT2D eigenvalue weighted by Gasteiger charge is 2.35. The molecule has 1 atom stereocenters. The number of benzene rings is 1. The van der Waals surface area contributed by atoms with Crippen LogP contribution in [-0.4, -0.2) is 33.5 Å². The van der Waals surface area contributed by atoms with Gasteiger partial charge in [0, 0.05) is 42.7 Å². The lowest BCUT2D eigenvalue weighted by atomic mass is 10.1. The standard InChI is InChI=1S/C18H14F2N6O3/c19-12-6-13(20)8-14(7-12)26-9-11(5-15(26)27)17(28)23-24-18-22-16(25-29-18)10-1-3-21-4-2-10/h1-4,6-8,11H,5,9H2,(H,23,28)(H,22,24,25). The van der Waals surface area contributed by atoms with Gasteiger partial charge in [-0.3, -0.25) is 20.0 Å². The molecular formula is C18H14F2N6O3. The number of pyridine rings is 1. The molecule has 1 fully saturated rings. The SMILES string of the molecule is O=C(NNc1nc(-c2ccncc2)no1)C1CC(=O)N(c2cc(F)cc(F)c2)C1. The number of nitrogens with zero attached hydrogens (tertiary/aromatic N) is 4. The van der Waals surface area contributed by atoms with E-state index in [9.17, 15) is 18.4 Å². The van der Waals surface area contributed by atoms with Gasteiger partial charge in [-0.2, -0.15) is 4.98 Å². The van der Waals surface area contributed by atoms with E-state index in [0.29, 0.717) is 17.5 Å². The smallest absolute Gasteiger partial charge is 0.313 e. The van der Waals surface area contributed by atoms with Gasteiger partial charge >= 0.3 is 6.01 Å². The molecule has 1 aromatic carbocycles. The molecule has 9 nitrogen and oxygen atoms in total. The fourth-order valence-electron chi connectivity index (χ4n) is 2.94. The third-order valence-corrected chi connectivity index (χ3v) is 4.31. The lowest BCUT2D eigenvalue weighted by molar-refractivity contribution is -0.125. The van der Waals surface area contributed by atoms with Crippen molar-refractivity contribution in [2.75, 3.05) is 16.9 Å². The van der Waals surface area contributed by atoms with Crippen LogP contribution in [0.4, 0.5) is 20.5 Å². The Morgan fingerprint density at radius 1 is 1.17 bits per heavy atom. The van der Waals surface area contributed by atoms with Gasteiger partial charge in [-0.1, -0.05) is 5.16 Å². The van der Waals surface area contributed by atoms with E-state index in [4.69, 9.17) is 4.52 Å². The van der Waals surface area contributed by atoms with Crippen molar-refractivity contribution in [2.24, 2.45) is 5.92 Å². The van der Waals surface area contributed by atoms with Crippen LogP contribution in [0.15, 0.2) is 47.2 Å². The molecule has 0 saturated carbocycles. The van der Waals surface area contributed by atoms with Crippen LogP contribution in [0.5, 0.6) is 0 Å². The summed E-state index contributed by atoms with van der Waals surface area (Å²) in [5, 5.41) is 3.78. The summed E-state index contributed by atoms with van der Waals surface area (Å²) in [7, 11) is 0. The molecule has 3 aromatic rings. The molecule has 148 valence electrons. The molecule has 1 aliphatic rings. The first-order valence-electron chi connectivity index (χ1n) is 8.56. The van der Waals surface area contributed by atoms with Gasteiger partial charge in [-0.25, -0.2) is 14.2 Å². The van der Waals surface area contributed by atoms with Crippen LogP contribution in [0.2, 0.25) is 0 Å². The fourth-order valence-corrected chi connectivity index (χ4v) is 2.94. The van der Waals surface area contributed by atoms with Crippen LogP contribution in [0.1, 0.15) is 6.42 Å². The molecule has 1 aliphatic heterocycles. The Hall–Kier alpha value is -3.89. The highest BCUT2D eigenvalue weighted by Crippen LogP contribution is 2.26. The number of anilines is 2. The zero-order valence-corrected chi connectivity index (χ0v) is 14.8. The molecule has 0 bridgehead atoms. The maximum Gasteiger partial charge on any atom is 0.340 e. The summed E-state index contributed by atoms with van der Waals surface area (Å²) in [5.41, 5.74) is 5.64. The minimum absolute atomic E-state index is 0.0126. The third kappa shape index (κ3) is 4.03. The molecule has 11 heteroatoms. The Balaban J connectivity index is 1.37. The number of hydrogen-bond acceptors (Lipinski definition) is 7. The average Bonchev–Trinajstić information content (AvgIpc) is 3.33. The average molecular weight is 400 g/mol. The van der Waals surface area contributed by atoms with Crippen molar-refractivity contribution in [1.82, 2.24) is 20.6 Å². The molecule has 0 aliphatic carbocycles. The molecule has 4 rings (SSSR count). The van der Waals surface area contributed by atoms with E-state index in [2.05, 4.69) is 26.0 Å². The summed E-state index contributed by atoms with van der Waals surface area (Å²) in [6, 6.07) is 6.14. The number of aromatic nitrogens is 3. The number of rotatable bonds is 5. The monoisotopic (exact) mass is 400 g/mol. The summed E-state index contributed by atoms with van der Waals surface area (Å²) < 4.78 is 31.8. The van der Waals surface area contributed by atoms with Gasteiger partial charge in [-0.05, 0) is 24.3 Å². The topological polar surface area (TPSA) is 113 Å². The first-order valence-corrected chi connectivity index (χ1v) is 8.56. The Morgan fingerprint density at radius 2 is 1.90 bits per heavy atom. The highest BCUT2D eigenvalue weighted by atomic mass is 19.1. The van der Waals surface area contributed by atoms with Crippen LogP contribution < -0.4 is 15.8 Å². The van der Waals surface area contributed by atoms with Crippen molar-refractivity contribution >= 4 is 23.5 Å². The van der Waals surface area contributed by atoms with E-state index in [1.807, 2.05) is 0 Å². The summed E-state index contributed by atoms with van der Waals surface area (Å²) in [6.45, 7) is -0.0126. The highest BCUT2D eigenvalue weighted by molar-refractivity contribution is 6.00. The van der Waals surface area contributed by atoms with Crippen LogP contribution in [0.3, 0.4) is 0 Å². The normalized spacial score (nSPS) is 16.1. The van der Waals surface area contributed by atoms with Gasteiger partial charge in [0.25, 0.3) is 0 Å². The first-order chi connectivity index (χ1) is 14.0. The van der Waals surface area contributed by atoms with E-state index in [1.165, 1.54) is 4.90 Å². The van der Waals surface area contributed by atoms with E-state index in [0.717, 1.165) is 12.1 Å². The zero-order valence-electron chi connectivity index (χ0n) is 14.8. The van der Waals surface area contributed by atoms with Crippen LogP contribution in [0.25, 0.3) is 11.4 Å². The summed E-state index contributed by atoms with van der Waals surface area (Å²) in [5.74, 6) is -2.93. The van der Waals surface area contributed by atoms with E-state index in [1.54, 1.807) is 24.5 Å². The fraction of sp³-hybridized carbons (Fsp3) is 0.167. The van der Waals surface area contributed by atoms with E-state index < -0.39 is 29.4 Å². The van der Waals surface area contributed by atoms with E-state index >= 15 is 0 Å². The number of hydrazine groups is 1. The summed E-state index contributed by atoms with van der Waals surface area (Å²) in [4.78, 5) is 33.7. The molecule has 0 radical (unpaired) electrons. The Labute approximate surface area is 162 Å². The first kappa shape index (κ1) is 18.5. The van der Waals surface area contributed by atoms with E-state index in [-0.39, 0.29) is 24.7 Å². The Bertz CT molecular complexity index is 1040. The second-order valence-corrected chi connectivity index (χ2v) is 6.31.